The van der Waals surface area contributed by atoms with Crippen molar-refractivity contribution in [3.8, 4) is 11.8 Å². The topological polar surface area (TPSA) is 63.0 Å². The maximum absolute atomic E-state index is 12.7. The number of nitriles is 1. The van der Waals surface area contributed by atoms with Crippen LogP contribution in [0.1, 0.15) is 34.6 Å². The molecule has 0 saturated heterocycles. The molecule has 1 heterocycles. The van der Waals surface area contributed by atoms with Crippen LogP contribution in [0.25, 0.3) is 10.2 Å². The van der Waals surface area contributed by atoms with Crippen LogP contribution < -0.4 is 4.74 Å². The second kappa shape index (κ2) is 7.24. The van der Waals surface area contributed by atoms with Crippen molar-refractivity contribution in [1.29, 1.82) is 5.26 Å². The van der Waals surface area contributed by atoms with Crippen LogP contribution in [-0.4, -0.2) is 17.4 Å². The molecule has 0 bridgehead atoms. The lowest BCUT2D eigenvalue weighted by Crippen LogP contribution is -2.11. The van der Waals surface area contributed by atoms with Crippen molar-refractivity contribution in [2.24, 2.45) is 0 Å². The molecule has 0 N–H and O–H groups in total. The van der Waals surface area contributed by atoms with Crippen molar-refractivity contribution in [2.75, 3.05) is 6.61 Å². The molecule has 120 valence electrons. The van der Waals surface area contributed by atoms with Gasteiger partial charge in [0.05, 0.1) is 22.9 Å². The number of hydrogen-bond acceptors (Lipinski definition) is 5. The normalized spacial score (nSPS) is 11.8. The third kappa shape index (κ3) is 3.29. The van der Waals surface area contributed by atoms with E-state index in [1.807, 2.05) is 31.2 Å². The second-order valence-corrected chi connectivity index (χ2v) is 6.38. The minimum Gasteiger partial charge on any atom is -0.494 e. The lowest BCUT2D eigenvalue weighted by Gasteiger charge is -2.07. The van der Waals surface area contributed by atoms with Crippen molar-refractivity contribution >= 4 is 27.3 Å². The number of nitrogens with zero attached hydrogens (tertiary/aromatic N) is 2. The van der Waals surface area contributed by atoms with E-state index in [2.05, 4.69) is 11.1 Å². The Morgan fingerprint density at radius 1 is 1.25 bits per heavy atom. The summed E-state index contributed by atoms with van der Waals surface area (Å²) in [5.74, 6) is -0.398. The van der Waals surface area contributed by atoms with E-state index in [4.69, 9.17) is 4.74 Å². The Hall–Kier alpha value is -2.71. The third-order valence-electron chi connectivity index (χ3n) is 3.56. The molecule has 0 spiro atoms. The number of thiazole rings is 1. The van der Waals surface area contributed by atoms with Crippen LogP contribution in [0.15, 0.2) is 48.5 Å². The number of aromatic nitrogens is 1. The maximum Gasteiger partial charge on any atom is 0.186 e. The molecule has 24 heavy (non-hydrogen) atoms. The molecular weight excluding hydrogens is 320 g/mol. The Labute approximate surface area is 144 Å². The molecule has 0 amide bonds. The van der Waals surface area contributed by atoms with Gasteiger partial charge in [-0.3, -0.25) is 4.79 Å². The summed E-state index contributed by atoms with van der Waals surface area (Å²) in [5.41, 5.74) is 1.30. The van der Waals surface area contributed by atoms with Crippen LogP contribution in [0.2, 0.25) is 0 Å². The van der Waals surface area contributed by atoms with Crippen molar-refractivity contribution in [3.05, 3.63) is 59.1 Å². The predicted molar refractivity (Wildman–Crippen MR) is 94.5 cm³/mol. The van der Waals surface area contributed by atoms with Gasteiger partial charge in [0.25, 0.3) is 0 Å². The molecule has 0 radical (unpaired) electrons. The summed E-state index contributed by atoms with van der Waals surface area (Å²) in [6.45, 7) is 2.67. The number of rotatable bonds is 6. The first-order valence-corrected chi connectivity index (χ1v) is 8.56. The average Bonchev–Trinajstić information content (AvgIpc) is 3.04. The van der Waals surface area contributed by atoms with Crippen molar-refractivity contribution in [3.63, 3.8) is 0 Å². The molecule has 2 aromatic carbocycles. The third-order valence-corrected chi connectivity index (χ3v) is 4.66. The number of benzene rings is 2. The fourth-order valence-electron chi connectivity index (χ4n) is 2.34. The summed E-state index contributed by atoms with van der Waals surface area (Å²) in [7, 11) is 0. The van der Waals surface area contributed by atoms with E-state index in [1.165, 1.54) is 11.3 Å². The van der Waals surface area contributed by atoms with Gasteiger partial charge in [-0.05, 0) is 42.8 Å². The van der Waals surface area contributed by atoms with E-state index >= 15 is 0 Å². The van der Waals surface area contributed by atoms with E-state index < -0.39 is 5.92 Å². The fraction of sp³-hybridized carbons (Fsp3) is 0.211. The Morgan fingerprint density at radius 3 is 2.67 bits per heavy atom. The molecular formula is C19H16N2O2S. The molecule has 0 aliphatic rings. The average molecular weight is 336 g/mol. The number of ketones is 1. The van der Waals surface area contributed by atoms with Gasteiger partial charge in [-0.15, -0.1) is 11.3 Å². The van der Waals surface area contributed by atoms with Crippen molar-refractivity contribution in [1.82, 2.24) is 4.98 Å². The highest BCUT2D eigenvalue weighted by Gasteiger charge is 2.25. The molecule has 4 nitrogen and oxygen atoms in total. The molecule has 0 saturated carbocycles. The SMILES string of the molecule is CCCOc1ccc(C(=O)[C@H](C#N)c2nc3ccccc3s2)cc1. The number of para-hydroxylation sites is 1. The Kier molecular flexibility index (Phi) is 4.88. The molecule has 3 rings (SSSR count). The van der Waals surface area contributed by atoms with Gasteiger partial charge in [-0.1, -0.05) is 19.1 Å². The summed E-state index contributed by atoms with van der Waals surface area (Å²) >= 11 is 1.39. The van der Waals surface area contributed by atoms with Gasteiger partial charge < -0.3 is 4.74 Å². The highest BCUT2D eigenvalue weighted by molar-refractivity contribution is 7.18. The zero-order valence-corrected chi connectivity index (χ0v) is 14.0. The zero-order chi connectivity index (χ0) is 16.9. The van der Waals surface area contributed by atoms with Crippen molar-refractivity contribution < 1.29 is 9.53 Å². The maximum atomic E-state index is 12.7. The van der Waals surface area contributed by atoms with Crippen LogP contribution in [0.5, 0.6) is 5.75 Å². The van der Waals surface area contributed by atoms with E-state index in [9.17, 15) is 10.1 Å². The first-order valence-electron chi connectivity index (χ1n) is 7.75. The number of hydrogen-bond donors (Lipinski definition) is 0. The largest absolute Gasteiger partial charge is 0.494 e. The van der Waals surface area contributed by atoms with E-state index in [1.54, 1.807) is 24.3 Å². The van der Waals surface area contributed by atoms with Gasteiger partial charge in [0.15, 0.2) is 11.7 Å². The molecule has 0 aliphatic heterocycles. The minimum atomic E-state index is -0.884. The smallest absolute Gasteiger partial charge is 0.186 e. The van der Waals surface area contributed by atoms with Crippen LogP contribution >= 0.6 is 11.3 Å². The van der Waals surface area contributed by atoms with E-state index in [0.717, 1.165) is 22.4 Å². The number of ether oxygens (including phenoxy) is 1. The van der Waals surface area contributed by atoms with Gasteiger partial charge in [-0.25, -0.2) is 4.98 Å². The second-order valence-electron chi connectivity index (χ2n) is 5.32. The van der Waals surface area contributed by atoms with Crippen LogP contribution in [0.4, 0.5) is 0 Å². The zero-order valence-electron chi connectivity index (χ0n) is 13.2. The number of Topliss-reactive ketones (excluding diaryl/α,β-unsaturated/α-hetero) is 1. The van der Waals surface area contributed by atoms with Crippen molar-refractivity contribution in [2.45, 2.75) is 19.3 Å². The summed E-state index contributed by atoms with van der Waals surface area (Å²) in [6, 6.07) is 16.6. The summed E-state index contributed by atoms with van der Waals surface area (Å²) in [5, 5.41) is 10.0. The quantitative estimate of drug-likeness (QED) is 0.618. The van der Waals surface area contributed by atoms with Gasteiger partial charge in [0.1, 0.15) is 10.8 Å². The predicted octanol–water partition coefficient (Wildman–Crippen LogP) is 4.58. The molecule has 0 aliphatic carbocycles. The Balaban J connectivity index is 1.85. The van der Waals surface area contributed by atoms with Crippen LogP contribution in [0, 0.1) is 11.3 Å². The van der Waals surface area contributed by atoms with Gasteiger partial charge in [-0.2, -0.15) is 5.26 Å². The monoisotopic (exact) mass is 336 g/mol. The highest BCUT2D eigenvalue weighted by atomic mass is 32.1. The summed E-state index contributed by atoms with van der Waals surface area (Å²) in [4.78, 5) is 17.1. The highest BCUT2D eigenvalue weighted by Crippen LogP contribution is 2.29. The van der Waals surface area contributed by atoms with Crippen LogP contribution in [0.3, 0.4) is 0 Å². The Bertz CT molecular complexity index is 861. The standard InChI is InChI=1S/C19H16N2O2S/c1-2-11-23-14-9-7-13(8-10-14)18(22)15(12-20)19-21-16-5-3-4-6-17(16)24-19/h3-10,15H,2,11H2,1H3/t15-/m0/s1. The lowest BCUT2D eigenvalue weighted by molar-refractivity contribution is 0.0979. The molecule has 3 aromatic rings. The first kappa shape index (κ1) is 16.2. The molecule has 1 atom stereocenters. The molecule has 0 unspecified atom stereocenters. The van der Waals surface area contributed by atoms with Gasteiger partial charge in [0, 0.05) is 5.56 Å². The number of fused-ring (bicyclic) bond motifs is 1. The molecule has 1 aromatic heterocycles. The van der Waals surface area contributed by atoms with E-state index in [0.29, 0.717) is 17.2 Å². The fourth-order valence-corrected chi connectivity index (χ4v) is 3.35. The summed E-state index contributed by atoms with van der Waals surface area (Å²) in [6.07, 6.45) is 0.925. The Morgan fingerprint density at radius 2 is 2.00 bits per heavy atom. The number of carbonyl (C=O) groups excluding carboxylic acids is 1. The van der Waals surface area contributed by atoms with Crippen LogP contribution in [-0.2, 0) is 0 Å². The minimum absolute atomic E-state index is 0.237. The summed E-state index contributed by atoms with van der Waals surface area (Å²) < 4.78 is 6.49. The molecule has 5 heteroatoms. The van der Waals surface area contributed by atoms with Gasteiger partial charge in [0.2, 0.25) is 0 Å². The first-order chi connectivity index (χ1) is 11.7. The van der Waals surface area contributed by atoms with E-state index in [-0.39, 0.29) is 5.78 Å². The van der Waals surface area contributed by atoms with Gasteiger partial charge >= 0.3 is 0 Å². The lowest BCUT2D eigenvalue weighted by atomic mass is 9.99. The molecule has 0 fully saturated rings. The number of carbonyl (C=O) groups is 1.